The minimum Gasteiger partial charge on any atom is -0.487 e. The highest BCUT2D eigenvalue weighted by molar-refractivity contribution is 5.93. The highest BCUT2D eigenvalue weighted by Crippen LogP contribution is 2.28. The number of esters is 1. The average molecular weight is 378 g/mol. The molecule has 1 fully saturated rings. The van der Waals surface area contributed by atoms with Crippen LogP contribution in [0.2, 0.25) is 0 Å². The summed E-state index contributed by atoms with van der Waals surface area (Å²) in [6.45, 7) is 5.56. The quantitative estimate of drug-likeness (QED) is 0.443. The fourth-order valence-corrected chi connectivity index (χ4v) is 3.18. The SMILES string of the molecule is CCOc1ccc(C(=O)O[C@H](C)C(=O)N[C@@H]2CCCC[C@@H]2C)cc1[N+](=O)[O-]. The second kappa shape index (κ2) is 9.34. The molecule has 1 aliphatic carbocycles. The second-order valence-electron chi connectivity index (χ2n) is 6.80. The number of amides is 1. The van der Waals surface area contributed by atoms with Crippen molar-refractivity contribution in [2.45, 2.75) is 58.6 Å². The first-order valence-electron chi connectivity index (χ1n) is 9.26. The van der Waals surface area contributed by atoms with Crippen LogP contribution < -0.4 is 10.1 Å². The minimum atomic E-state index is -0.989. The average Bonchev–Trinajstić information content (AvgIpc) is 2.63. The molecule has 0 unspecified atom stereocenters. The lowest BCUT2D eigenvalue weighted by Gasteiger charge is -2.30. The van der Waals surface area contributed by atoms with Gasteiger partial charge in [0.25, 0.3) is 5.91 Å². The molecule has 8 heteroatoms. The molecule has 1 aliphatic rings. The molecule has 148 valence electrons. The molecule has 1 aromatic rings. The van der Waals surface area contributed by atoms with Gasteiger partial charge >= 0.3 is 11.7 Å². The van der Waals surface area contributed by atoms with Gasteiger partial charge in [-0.1, -0.05) is 19.8 Å². The van der Waals surface area contributed by atoms with Gasteiger partial charge in [0.1, 0.15) is 0 Å². The van der Waals surface area contributed by atoms with Crippen molar-refractivity contribution in [3.05, 3.63) is 33.9 Å². The van der Waals surface area contributed by atoms with Crippen LogP contribution in [-0.4, -0.2) is 35.6 Å². The Morgan fingerprint density at radius 3 is 2.67 bits per heavy atom. The van der Waals surface area contributed by atoms with E-state index < -0.39 is 17.0 Å². The first-order chi connectivity index (χ1) is 12.8. The van der Waals surface area contributed by atoms with E-state index in [-0.39, 0.29) is 35.6 Å². The molecule has 0 aromatic heterocycles. The zero-order valence-electron chi connectivity index (χ0n) is 15.9. The van der Waals surface area contributed by atoms with E-state index in [2.05, 4.69) is 12.2 Å². The summed E-state index contributed by atoms with van der Waals surface area (Å²) >= 11 is 0. The number of ether oxygens (including phenoxy) is 2. The Kier molecular flexibility index (Phi) is 7.15. The largest absolute Gasteiger partial charge is 0.487 e. The van der Waals surface area contributed by atoms with Crippen LogP contribution >= 0.6 is 0 Å². The van der Waals surface area contributed by atoms with Gasteiger partial charge in [0.15, 0.2) is 11.9 Å². The van der Waals surface area contributed by atoms with Gasteiger partial charge in [-0.25, -0.2) is 4.79 Å². The summed E-state index contributed by atoms with van der Waals surface area (Å²) in [6, 6.07) is 3.92. The molecule has 2 rings (SSSR count). The van der Waals surface area contributed by atoms with Crippen molar-refractivity contribution in [2.24, 2.45) is 5.92 Å². The first kappa shape index (κ1) is 20.7. The molecule has 1 aromatic carbocycles. The third-order valence-corrected chi connectivity index (χ3v) is 4.78. The van der Waals surface area contributed by atoms with Crippen molar-refractivity contribution >= 4 is 17.6 Å². The van der Waals surface area contributed by atoms with Crippen LogP contribution in [0, 0.1) is 16.0 Å². The maximum atomic E-state index is 12.3. The smallest absolute Gasteiger partial charge is 0.339 e. The Balaban J connectivity index is 2.01. The lowest BCUT2D eigenvalue weighted by Crippen LogP contribution is -2.45. The third kappa shape index (κ3) is 5.42. The van der Waals surface area contributed by atoms with Crippen molar-refractivity contribution < 1.29 is 24.0 Å². The monoisotopic (exact) mass is 378 g/mol. The van der Waals surface area contributed by atoms with Crippen LogP contribution in [0.1, 0.15) is 56.8 Å². The van der Waals surface area contributed by atoms with E-state index in [1.165, 1.54) is 19.1 Å². The minimum absolute atomic E-state index is 0.00385. The van der Waals surface area contributed by atoms with E-state index in [9.17, 15) is 19.7 Å². The fraction of sp³-hybridized carbons (Fsp3) is 0.579. The molecule has 0 saturated heterocycles. The van der Waals surface area contributed by atoms with E-state index in [0.717, 1.165) is 31.7 Å². The van der Waals surface area contributed by atoms with Gasteiger partial charge in [0.05, 0.1) is 17.1 Å². The molecule has 27 heavy (non-hydrogen) atoms. The molecule has 8 nitrogen and oxygen atoms in total. The first-order valence-corrected chi connectivity index (χ1v) is 9.26. The molecule has 1 saturated carbocycles. The number of nitro groups is 1. The number of carbonyl (C=O) groups excluding carboxylic acids is 2. The summed E-state index contributed by atoms with van der Waals surface area (Å²) in [5, 5.41) is 14.1. The van der Waals surface area contributed by atoms with Gasteiger partial charge in [0.2, 0.25) is 0 Å². The Morgan fingerprint density at radius 1 is 1.33 bits per heavy atom. The van der Waals surface area contributed by atoms with Crippen LogP contribution in [0.3, 0.4) is 0 Å². The number of nitro benzene ring substituents is 1. The Bertz CT molecular complexity index is 705. The third-order valence-electron chi connectivity index (χ3n) is 4.78. The topological polar surface area (TPSA) is 108 Å². The van der Waals surface area contributed by atoms with Crippen LogP contribution in [0.15, 0.2) is 18.2 Å². The number of hydrogen-bond donors (Lipinski definition) is 1. The van der Waals surface area contributed by atoms with Crippen molar-refractivity contribution in [1.82, 2.24) is 5.32 Å². The van der Waals surface area contributed by atoms with Crippen LogP contribution in [0.5, 0.6) is 5.75 Å². The maximum Gasteiger partial charge on any atom is 0.339 e. The van der Waals surface area contributed by atoms with Crippen molar-refractivity contribution in [1.29, 1.82) is 0 Å². The van der Waals surface area contributed by atoms with Gasteiger partial charge in [-0.05, 0) is 44.7 Å². The molecular formula is C19H26N2O6. The molecule has 1 N–H and O–H groups in total. The lowest BCUT2D eigenvalue weighted by atomic mass is 9.86. The Labute approximate surface area is 158 Å². The van der Waals surface area contributed by atoms with Crippen LogP contribution in [-0.2, 0) is 9.53 Å². The fourth-order valence-electron chi connectivity index (χ4n) is 3.18. The van der Waals surface area contributed by atoms with Crippen molar-refractivity contribution in [2.75, 3.05) is 6.61 Å². The van der Waals surface area contributed by atoms with E-state index in [4.69, 9.17) is 9.47 Å². The van der Waals surface area contributed by atoms with E-state index >= 15 is 0 Å². The lowest BCUT2D eigenvalue weighted by molar-refractivity contribution is -0.385. The number of hydrogen-bond acceptors (Lipinski definition) is 6. The highest BCUT2D eigenvalue weighted by Gasteiger charge is 2.27. The summed E-state index contributed by atoms with van der Waals surface area (Å²) in [6.07, 6.45) is 3.22. The van der Waals surface area contributed by atoms with Crippen molar-refractivity contribution in [3.63, 3.8) is 0 Å². The van der Waals surface area contributed by atoms with Gasteiger partial charge in [-0.2, -0.15) is 0 Å². The predicted octanol–water partition coefficient (Wildman–Crippen LogP) is 3.23. The van der Waals surface area contributed by atoms with Gasteiger partial charge < -0.3 is 14.8 Å². The molecule has 1 amide bonds. The number of benzene rings is 1. The van der Waals surface area contributed by atoms with E-state index in [1.54, 1.807) is 6.92 Å². The number of nitrogens with one attached hydrogen (secondary N) is 1. The molecule has 0 radical (unpaired) electrons. The van der Waals surface area contributed by atoms with E-state index in [0.29, 0.717) is 5.92 Å². The van der Waals surface area contributed by atoms with Crippen LogP contribution in [0.25, 0.3) is 0 Å². The standard InChI is InChI=1S/C19H26N2O6/c1-4-26-17-10-9-14(11-16(17)21(24)25)19(23)27-13(3)18(22)20-15-8-6-5-7-12(15)2/h9-13,15H,4-8H2,1-3H3,(H,20,22)/t12-,13+,15+/m0/s1. The molecule has 0 heterocycles. The highest BCUT2D eigenvalue weighted by atomic mass is 16.6. The molecule has 3 atom stereocenters. The van der Waals surface area contributed by atoms with Crippen LogP contribution in [0.4, 0.5) is 5.69 Å². The van der Waals surface area contributed by atoms with Gasteiger partial charge in [-0.3, -0.25) is 14.9 Å². The van der Waals surface area contributed by atoms with Crippen molar-refractivity contribution in [3.8, 4) is 5.75 Å². The molecule has 0 aliphatic heterocycles. The number of rotatable bonds is 7. The molecule has 0 bridgehead atoms. The Hall–Kier alpha value is -2.64. The van der Waals surface area contributed by atoms with Gasteiger partial charge in [0, 0.05) is 12.1 Å². The molecular weight excluding hydrogens is 352 g/mol. The number of carbonyl (C=O) groups is 2. The second-order valence-corrected chi connectivity index (χ2v) is 6.80. The Morgan fingerprint density at radius 2 is 2.04 bits per heavy atom. The summed E-state index contributed by atoms with van der Waals surface area (Å²) in [5.74, 6) is -0.682. The maximum absolute atomic E-state index is 12.3. The summed E-state index contributed by atoms with van der Waals surface area (Å²) in [5.41, 5.74) is -0.324. The zero-order valence-corrected chi connectivity index (χ0v) is 15.9. The number of nitrogens with zero attached hydrogens (tertiary/aromatic N) is 1. The normalized spacial score (nSPS) is 20.4. The molecule has 0 spiro atoms. The predicted molar refractivity (Wildman–Crippen MR) is 98.7 cm³/mol. The van der Waals surface area contributed by atoms with E-state index in [1.807, 2.05) is 0 Å². The van der Waals surface area contributed by atoms with Gasteiger partial charge in [-0.15, -0.1) is 0 Å². The summed E-state index contributed by atoms with van der Waals surface area (Å²) < 4.78 is 10.4. The summed E-state index contributed by atoms with van der Waals surface area (Å²) in [7, 11) is 0. The zero-order chi connectivity index (χ0) is 20.0. The summed E-state index contributed by atoms with van der Waals surface area (Å²) in [4.78, 5) is 35.2.